The van der Waals surface area contributed by atoms with Gasteiger partial charge >= 0.3 is 0 Å². The van der Waals surface area contributed by atoms with Gasteiger partial charge in [0.2, 0.25) is 5.91 Å². The highest BCUT2D eigenvalue weighted by atomic mass is 16.2. The fraction of sp³-hybridized carbons (Fsp3) is 0.192. The quantitative estimate of drug-likeness (QED) is 0.467. The zero-order valence-electron chi connectivity index (χ0n) is 17.2. The van der Waals surface area contributed by atoms with Gasteiger partial charge in [-0.3, -0.25) is 14.8 Å². The monoisotopic (exact) mass is 408 g/mol. The maximum Gasteiger partial charge on any atom is 0.228 e. The van der Waals surface area contributed by atoms with Crippen LogP contribution in [0.2, 0.25) is 0 Å². The Morgan fingerprint density at radius 3 is 2.55 bits per heavy atom. The molecular weight excluding hydrogens is 384 g/mol. The van der Waals surface area contributed by atoms with E-state index in [0.717, 1.165) is 36.0 Å². The Bertz CT molecular complexity index is 1190. The van der Waals surface area contributed by atoms with Crippen molar-refractivity contribution in [3.63, 3.8) is 0 Å². The molecule has 0 bridgehead atoms. The second-order valence-electron chi connectivity index (χ2n) is 8.08. The Kier molecular flexibility index (Phi) is 5.42. The van der Waals surface area contributed by atoms with Crippen molar-refractivity contribution in [2.24, 2.45) is 5.92 Å². The van der Waals surface area contributed by atoms with E-state index in [4.69, 9.17) is 0 Å². The third-order valence-corrected chi connectivity index (χ3v) is 5.82. The molecule has 1 fully saturated rings. The maximum atomic E-state index is 12.7. The summed E-state index contributed by atoms with van der Waals surface area (Å²) in [6, 6.07) is 20.5. The predicted molar refractivity (Wildman–Crippen MR) is 122 cm³/mol. The summed E-state index contributed by atoms with van der Waals surface area (Å²) in [7, 11) is 0. The third-order valence-electron chi connectivity index (χ3n) is 5.82. The lowest BCUT2D eigenvalue weighted by molar-refractivity contribution is -0.117. The van der Waals surface area contributed by atoms with Crippen molar-refractivity contribution in [2.45, 2.75) is 25.4 Å². The fourth-order valence-electron chi connectivity index (χ4n) is 3.99. The number of carbonyl (C=O) groups excluding carboxylic acids is 1. The number of rotatable bonds is 7. The molecule has 31 heavy (non-hydrogen) atoms. The molecule has 0 aliphatic heterocycles. The van der Waals surface area contributed by atoms with Crippen LogP contribution in [0.5, 0.6) is 0 Å². The van der Waals surface area contributed by atoms with Gasteiger partial charge in [-0.15, -0.1) is 0 Å². The van der Waals surface area contributed by atoms with E-state index in [9.17, 15) is 4.79 Å². The first-order valence-electron chi connectivity index (χ1n) is 10.6. The molecule has 0 radical (unpaired) electrons. The number of carbonyl (C=O) groups is 1. The van der Waals surface area contributed by atoms with Crippen molar-refractivity contribution < 1.29 is 4.79 Å². The minimum absolute atomic E-state index is 0.0442. The zero-order valence-corrected chi connectivity index (χ0v) is 17.2. The molecule has 5 nitrogen and oxygen atoms in total. The molecule has 154 valence electrons. The first-order chi connectivity index (χ1) is 15.3. The highest BCUT2D eigenvalue weighted by Crippen LogP contribution is 2.48. The minimum Gasteiger partial charge on any atom is -0.326 e. The Labute approximate surface area is 181 Å². The highest BCUT2D eigenvalue weighted by molar-refractivity contribution is 5.97. The molecule has 2 aromatic heterocycles. The molecule has 4 aromatic rings. The molecule has 2 heterocycles. The average molecular weight is 409 g/mol. The minimum atomic E-state index is 0.0442. The molecule has 0 saturated heterocycles. The van der Waals surface area contributed by atoms with Crippen LogP contribution in [0, 0.1) is 5.92 Å². The van der Waals surface area contributed by atoms with Gasteiger partial charge in [0.25, 0.3) is 0 Å². The average Bonchev–Trinajstić information content (AvgIpc) is 3.61. The summed E-state index contributed by atoms with van der Waals surface area (Å²) in [5.74, 6) is 0.449. The van der Waals surface area contributed by atoms with Crippen LogP contribution in [-0.2, 0) is 17.9 Å². The van der Waals surface area contributed by atoms with Gasteiger partial charge in [0.05, 0.1) is 0 Å². The summed E-state index contributed by atoms with van der Waals surface area (Å²) >= 11 is 0. The van der Waals surface area contributed by atoms with Gasteiger partial charge in [0.15, 0.2) is 0 Å². The summed E-state index contributed by atoms with van der Waals surface area (Å²) in [4.78, 5) is 21.0. The standard InChI is InChI=1S/C26H24N4O/c31-26(30-23-8-7-22-17-28-11-9-21(22)12-23)25-13-24(25)20-5-3-18(4-6-20)14-29-16-19-2-1-10-27-15-19/h1-12,15,17,24-25,29H,13-14,16H2,(H,30,31). The van der Waals surface area contributed by atoms with Crippen LogP contribution < -0.4 is 10.6 Å². The van der Waals surface area contributed by atoms with E-state index in [1.165, 1.54) is 16.7 Å². The van der Waals surface area contributed by atoms with Crippen LogP contribution in [0.25, 0.3) is 10.8 Å². The molecule has 5 rings (SSSR count). The van der Waals surface area contributed by atoms with E-state index in [1.54, 1.807) is 12.4 Å². The summed E-state index contributed by atoms with van der Waals surface area (Å²) in [6.45, 7) is 1.60. The largest absolute Gasteiger partial charge is 0.326 e. The van der Waals surface area contributed by atoms with Gasteiger partial charge in [0, 0.05) is 54.9 Å². The van der Waals surface area contributed by atoms with Gasteiger partial charge in [-0.1, -0.05) is 36.4 Å². The third kappa shape index (κ3) is 4.62. The van der Waals surface area contributed by atoms with Crippen LogP contribution in [0.4, 0.5) is 5.69 Å². The van der Waals surface area contributed by atoms with Gasteiger partial charge in [-0.25, -0.2) is 0 Å². The van der Waals surface area contributed by atoms with Crippen LogP contribution in [0.3, 0.4) is 0 Å². The molecule has 1 aliphatic carbocycles. The second-order valence-corrected chi connectivity index (χ2v) is 8.08. The van der Waals surface area contributed by atoms with Crippen molar-refractivity contribution in [1.29, 1.82) is 0 Å². The Morgan fingerprint density at radius 1 is 0.871 bits per heavy atom. The Hall–Kier alpha value is -3.57. The van der Waals surface area contributed by atoms with Crippen LogP contribution in [0.15, 0.2) is 85.5 Å². The number of aromatic nitrogens is 2. The lowest BCUT2D eigenvalue weighted by atomic mass is 10.1. The lowest BCUT2D eigenvalue weighted by Crippen LogP contribution is -2.14. The highest BCUT2D eigenvalue weighted by Gasteiger charge is 2.43. The molecule has 0 spiro atoms. The number of anilines is 1. The number of fused-ring (bicyclic) bond motifs is 1. The molecule has 2 atom stereocenters. The maximum absolute atomic E-state index is 12.7. The predicted octanol–water partition coefficient (Wildman–Crippen LogP) is 4.66. The van der Waals surface area contributed by atoms with Crippen molar-refractivity contribution in [2.75, 3.05) is 5.32 Å². The number of amides is 1. The number of hydrogen-bond acceptors (Lipinski definition) is 4. The van der Waals surface area contributed by atoms with E-state index in [-0.39, 0.29) is 11.8 Å². The van der Waals surface area contributed by atoms with E-state index in [0.29, 0.717) is 5.92 Å². The molecule has 2 unspecified atom stereocenters. The molecular formula is C26H24N4O. The van der Waals surface area contributed by atoms with E-state index < -0.39 is 0 Å². The first kappa shape index (κ1) is 19.4. The fourth-order valence-corrected chi connectivity index (χ4v) is 3.99. The Balaban J connectivity index is 1.14. The SMILES string of the molecule is O=C(Nc1ccc2cnccc2c1)C1CC1c1ccc(CNCc2cccnc2)cc1. The van der Waals surface area contributed by atoms with Crippen molar-refractivity contribution >= 4 is 22.4 Å². The number of hydrogen-bond donors (Lipinski definition) is 2. The number of nitrogens with one attached hydrogen (secondary N) is 2. The topological polar surface area (TPSA) is 66.9 Å². The first-order valence-corrected chi connectivity index (χ1v) is 10.6. The molecule has 1 saturated carbocycles. The summed E-state index contributed by atoms with van der Waals surface area (Å²) in [5, 5.41) is 8.66. The molecule has 2 N–H and O–H groups in total. The molecule has 1 aliphatic rings. The zero-order chi connectivity index (χ0) is 21.0. The van der Waals surface area contributed by atoms with Gasteiger partial charge < -0.3 is 10.6 Å². The normalized spacial score (nSPS) is 17.4. The van der Waals surface area contributed by atoms with E-state index in [1.807, 2.05) is 42.7 Å². The number of pyridine rings is 2. The smallest absolute Gasteiger partial charge is 0.228 e. The van der Waals surface area contributed by atoms with Gasteiger partial charge in [-0.2, -0.15) is 0 Å². The van der Waals surface area contributed by atoms with Gasteiger partial charge in [-0.05, 0) is 58.7 Å². The van der Waals surface area contributed by atoms with Crippen LogP contribution in [0.1, 0.15) is 29.0 Å². The summed E-state index contributed by atoms with van der Waals surface area (Å²) in [5.41, 5.74) is 4.49. The van der Waals surface area contributed by atoms with Gasteiger partial charge in [0.1, 0.15) is 0 Å². The van der Waals surface area contributed by atoms with E-state index in [2.05, 4.69) is 50.9 Å². The second kappa shape index (κ2) is 8.66. The van der Waals surface area contributed by atoms with Crippen LogP contribution >= 0.6 is 0 Å². The van der Waals surface area contributed by atoms with E-state index >= 15 is 0 Å². The number of nitrogens with zero attached hydrogens (tertiary/aromatic N) is 2. The summed E-state index contributed by atoms with van der Waals surface area (Å²) < 4.78 is 0. The molecule has 1 amide bonds. The molecule has 5 heteroatoms. The van der Waals surface area contributed by atoms with Crippen LogP contribution in [-0.4, -0.2) is 15.9 Å². The molecule has 2 aromatic carbocycles. The lowest BCUT2D eigenvalue weighted by Gasteiger charge is -2.08. The summed E-state index contributed by atoms with van der Waals surface area (Å²) in [6.07, 6.45) is 8.16. The van der Waals surface area contributed by atoms with Crippen molar-refractivity contribution in [3.8, 4) is 0 Å². The number of benzene rings is 2. The van der Waals surface area contributed by atoms with Crippen molar-refractivity contribution in [3.05, 3.63) is 102 Å². The van der Waals surface area contributed by atoms with Crippen molar-refractivity contribution in [1.82, 2.24) is 15.3 Å². The Morgan fingerprint density at radius 2 is 1.71 bits per heavy atom.